The highest BCUT2D eigenvalue weighted by Crippen LogP contribution is 2.08. The molecule has 15 heavy (non-hydrogen) atoms. The first-order valence-electron chi connectivity index (χ1n) is 4.74. The average molecular weight is 209 g/mol. The zero-order chi connectivity index (χ0) is 10.9. The Balaban J connectivity index is 2.31. The van der Waals surface area contributed by atoms with E-state index in [1.807, 2.05) is 30.3 Å². The summed E-state index contributed by atoms with van der Waals surface area (Å²) in [5.41, 5.74) is 0. The number of hydrogen-bond acceptors (Lipinski definition) is 3. The Morgan fingerprint density at radius 1 is 1.40 bits per heavy atom. The van der Waals surface area contributed by atoms with Crippen LogP contribution in [0.2, 0.25) is 0 Å². The van der Waals surface area contributed by atoms with E-state index < -0.39 is 0 Å². The SMILES string of the molecule is COC(CNC=O)COc1ccccc1. The van der Waals surface area contributed by atoms with Crippen LogP contribution in [-0.4, -0.2) is 32.8 Å². The molecular formula is C11H15NO3. The van der Waals surface area contributed by atoms with Crippen molar-refractivity contribution < 1.29 is 14.3 Å². The number of methoxy groups -OCH3 is 1. The van der Waals surface area contributed by atoms with Crippen LogP contribution in [0, 0.1) is 0 Å². The van der Waals surface area contributed by atoms with Gasteiger partial charge in [-0.05, 0) is 12.1 Å². The topological polar surface area (TPSA) is 47.6 Å². The largest absolute Gasteiger partial charge is 0.491 e. The second-order valence-electron chi connectivity index (χ2n) is 3.01. The summed E-state index contributed by atoms with van der Waals surface area (Å²) in [6, 6.07) is 9.48. The molecule has 1 aromatic rings. The number of carbonyl (C=O) groups is 1. The van der Waals surface area contributed by atoms with E-state index in [0.717, 1.165) is 5.75 Å². The summed E-state index contributed by atoms with van der Waals surface area (Å²) in [6.45, 7) is 0.869. The van der Waals surface area contributed by atoms with Crippen LogP contribution in [0.15, 0.2) is 30.3 Å². The summed E-state index contributed by atoms with van der Waals surface area (Å²) in [4.78, 5) is 10.1. The van der Waals surface area contributed by atoms with Crippen molar-refractivity contribution in [2.75, 3.05) is 20.3 Å². The molecule has 0 spiro atoms. The van der Waals surface area contributed by atoms with Gasteiger partial charge in [0.05, 0.1) is 0 Å². The van der Waals surface area contributed by atoms with Crippen molar-refractivity contribution in [2.24, 2.45) is 0 Å². The summed E-state index contributed by atoms with van der Waals surface area (Å²) >= 11 is 0. The van der Waals surface area contributed by atoms with Crippen molar-refractivity contribution in [2.45, 2.75) is 6.10 Å². The second-order valence-corrected chi connectivity index (χ2v) is 3.01. The lowest BCUT2D eigenvalue weighted by molar-refractivity contribution is -0.110. The minimum atomic E-state index is -0.129. The molecule has 1 atom stereocenters. The van der Waals surface area contributed by atoms with Gasteiger partial charge in [-0.25, -0.2) is 0 Å². The van der Waals surface area contributed by atoms with Crippen molar-refractivity contribution in [3.8, 4) is 5.75 Å². The zero-order valence-electron chi connectivity index (χ0n) is 8.68. The van der Waals surface area contributed by atoms with E-state index in [2.05, 4.69) is 5.32 Å². The van der Waals surface area contributed by atoms with E-state index in [4.69, 9.17) is 9.47 Å². The van der Waals surface area contributed by atoms with Gasteiger partial charge in [0.1, 0.15) is 18.5 Å². The van der Waals surface area contributed by atoms with Crippen LogP contribution in [0.25, 0.3) is 0 Å². The standard InChI is InChI=1S/C11H15NO3/c1-14-11(7-12-9-13)8-15-10-5-3-2-4-6-10/h2-6,9,11H,7-8H2,1H3,(H,12,13). The number of nitrogens with one attached hydrogen (secondary N) is 1. The number of hydrogen-bond donors (Lipinski definition) is 1. The molecule has 4 nitrogen and oxygen atoms in total. The summed E-state index contributed by atoms with van der Waals surface area (Å²) in [6.07, 6.45) is 0.518. The molecule has 1 N–H and O–H groups in total. The van der Waals surface area contributed by atoms with Crippen LogP contribution in [0.3, 0.4) is 0 Å². The van der Waals surface area contributed by atoms with Crippen molar-refractivity contribution in [1.29, 1.82) is 0 Å². The quantitative estimate of drug-likeness (QED) is 0.676. The average Bonchev–Trinajstić information content (AvgIpc) is 2.31. The highest BCUT2D eigenvalue weighted by Gasteiger charge is 2.06. The molecule has 4 heteroatoms. The Labute approximate surface area is 89.2 Å². The van der Waals surface area contributed by atoms with E-state index in [0.29, 0.717) is 19.6 Å². The maximum atomic E-state index is 10.1. The summed E-state index contributed by atoms with van der Waals surface area (Å²) in [5.74, 6) is 0.797. The number of benzene rings is 1. The lowest BCUT2D eigenvalue weighted by Gasteiger charge is -2.15. The molecule has 0 radical (unpaired) electrons. The number of rotatable bonds is 7. The molecule has 0 bridgehead atoms. The normalized spacial score (nSPS) is 11.8. The predicted molar refractivity (Wildman–Crippen MR) is 56.8 cm³/mol. The molecule has 1 aromatic carbocycles. The highest BCUT2D eigenvalue weighted by atomic mass is 16.5. The van der Waals surface area contributed by atoms with E-state index in [1.54, 1.807) is 7.11 Å². The lowest BCUT2D eigenvalue weighted by Crippen LogP contribution is -2.32. The van der Waals surface area contributed by atoms with Crippen molar-refractivity contribution in [3.63, 3.8) is 0 Å². The molecule has 1 unspecified atom stereocenters. The van der Waals surface area contributed by atoms with Gasteiger partial charge in [0, 0.05) is 13.7 Å². The molecule has 0 aliphatic carbocycles. The monoisotopic (exact) mass is 209 g/mol. The number of amides is 1. The summed E-state index contributed by atoms with van der Waals surface area (Å²) in [7, 11) is 1.59. The Bertz CT molecular complexity index is 276. The van der Waals surface area contributed by atoms with Crippen molar-refractivity contribution >= 4 is 6.41 Å². The van der Waals surface area contributed by atoms with Crippen LogP contribution in [0.4, 0.5) is 0 Å². The van der Waals surface area contributed by atoms with E-state index in [-0.39, 0.29) is 6.10 Å². The molecule has 0 saturated carbocycles. The summed E-state index contributed by atoms with van der Waals surface area (Å²) in [5, 5.41) is 2.55. The fraction of sp³-hybridized carbons (Fsp3) is 0.364. The highest BCUT2D eigenvalue weighted by molar-refractivity contribution is 5.45. The third-order valence-corrected chi connectivity index (χ3v) is 1.94. The second kappa shape index (κ2) is 6.84. The van der Waals surface area contributed by atoms with E-state index in [9.17, 15) is 4.79 Å². The van der Waals surface area contributed by atoms with E-state index >= 15 is 0 Å². The van der Waals surface area contributed by atoms with Crippen LogP contribution >= 0.6 is 0 Å². The zero-order valence-corrected chi connectivity index (χ0v) is 8.68. The van der Waals surface area contributed by atoms with Gasteiger partial charge in [0.15, 0.2) is 0 Å². The van der Waals surface area contributed by atoms with Crippen LogP contribution in [0.5, 0.6) is 5.75 Å². The van der Waals surface area contributed by atoms with Gasteiger partial charge < -0.3 is 14.8 Å². The minimum absolute atomic E-state index is 0.129. The third kappa shape index (κ3) is 4.46. The Kier molecular flexibility index (Phi) is 5.25. The molecular weight excluding hydrogens is 194 g/mol. The molecule has 0 saturated heterocycles. The molecule has 1 rings (SSSR count). The fourth-order valence-corrected chi connectivity index (χ4v) is 1.10. The predicted octanol–water partition coefficient (Wildman–Crippen LogP) is 0.826. The summed E-state index contributed by atoms with van der Waals surface area (Å²) < 4.78 is 10.6. The fourth-order valence-electron chi connectivity index (χ4n) is 1.10. The smallest absolute Gasteiger partial charge is 0.207 e. The molecule has 82 valence electrons. The molecule has 0 fully saturated rings. The molecule has 0 aromatic heterocycles. The van der Waals surface area contributed by atoms with Crippen LogP contribution in [0.1, 0.15) is 0 Å². The maximum absolute atomic E-state index is 10.1. The van der Waals surface area contributed by atoms with Gasteiger partial charge in [-0.15, -0.1) is 0 Å². The molecule has 0 aliphatic rings. The Morgan fingerprint density at radius 2 is 2.13 bits per heavy atom. The minimum Gasteiger partial charge on any atom is -0.491 e. The number of para-hydroxylation sites is 1. The molecule has 0 aliphatic heterocycles. The first-order chi connectivity index (χ1) is 7.36. The Morgan fingerprint density at radius 3 is 2.73 bits per heavy atom. The third-order valence-electron chi connectivity index (χ3n) is 1.94. The van der Waals surface area contributed by atoms with E-state index in [1.165, 1.54) is 0 Å². The first kappa shape index (κ1) is 11.5. The van der Waals surface area contributed by atoms with Gasteiger partial charge in [-0.1, -0.05) is 18.2 Å². The Hall–Kier alpha value is -1.55. The van der Waals surface area contributed by atoms with Gasteiger partial charge in [-0.2, -0.15) is 0 Å². The lowest BCUT2D eigenvalue weighted by atomic mass is 10.3. The molecule has 0 heterocycles. The van der Waals surface area contributed by atoms with Gasteiger partial charge in [0.2, 0.25) is 6.41 Å². The first-order valence-corrected chi connectivity index (χ1v) is 4.74. The van der Waals surface area contributed by atoms with Crippen LogP contribution < -0.4 is 10.1 Å². The van der Waals surface area contributed by atoms with Crippen molar-refractivity contribution in [1.82, 2.24) is 5.32 Å². The van der Waals surface area contributed by atoms with Gasteiger partial charge >= 0.3 is 0 Å². The van der Waals surface area contributed by atoms with Gasteiger partial charge in [-0.3, -0.25) is 4.79 Å². The number of carbonyl (C=O) groups excluding carboxylic acids is 1. The van der Waals surface area contributed by atoms with Crippen LogP contribution in [-0.2, 0) is 9.53 Å². The van der Waals surface area contributed by atoms with Gasteiger partial charge in [0.25, 0.3) is 0 Å². The molecule has 1 amide bonds. The maximum Gasteiger partial charge on any atom is 0.207 e. The number of ether oxygens (including phenoxy) is 2. The van der Waals surface area contributed by atoms with Crippen molar-refractivity contribution in [3.05, 3.63) is 30.3 Å².